The van der Waals surface area contributed by atoms with Gasteiger partial charge in [-0.2, -0.15) is 0 Å². The van der Waals surface area contributed by atoms with Crippen LogP contribution in [-0.2, 0) is 0 Å². The summed E-state index contributed by atoms with van der Waals surface area (Å²) in [5.41, 5.74) is 7.76. The zero-order valence-electron chi connectivity index (χ0n) is 8.84. The van der Waals surface area contributed by atoms with Crippen LogP contribution in [0.25, 0.3) is 0 Å². The highest BCUT2D eigenvalue weighted by molar-refractivity contribution is 14.1. The summed E-state index contributed by atoms with van der Waals surface area (Å²) in [6, 6.07) is 6.52. The van der Waals surface area contributed by atoms with Crippen LogP contribution in [0, 0.1) is 9.49 Å². The maximum Gasteiger partial charge on any atom is 0.0576 e. The molecule has 1 aromatic rings. The van der Waals surface area contributed by atoms with Crippen molar-refractivity contribution in [1.82, 2.24) is 0 Å². The predicted octanol–water partition coefficient (Wildman–Crippen LogP) is 3.33. The molecule has 0 saturated carbocycles. The number of benzene rings is 1. The van der Waals surface area contributed by atoms with Crippen molar-refractivity contribution >= 4 is 34.0 Å². The van der Waals surface area contributed by atoms with Gasteiger partial charge in [0.1, 0.15) is 0 Å². The van der Waals surface area contributed by atoms with Crippen molar-refractivity contribution in [2.75, 3.05) is 11.1 Å². The van der Waals surface area contributed by atoms with Crippen LogP contribution in [-0.4, -0.2) is 6.04 Å². The summed E-state index contributed by atoms with van der Waals surface area (Å²) in [6.45, 7) is 6.56. The minimum absolute atomic E-state index is 0.442. The second-order valence-electron chi connectivity index (χ2n) is 3.91. The quantitative estimate of drug-likeness (QED) is 0.664. The fourth-order valence-electron chi connectivity index (χ4n) is 1.08. The fourth-order valence-corrected chi connectivity index (χ4v) is 1.59. The second kappa shape index (κ2) is 4.87. The first kappa shape index (κ1) is 11.6. The van der Waals surface area contributed by atoms with Crippen molar-refractivity contribution < 1.29 is 0 Å². The Morgan fingerprint density at radius 2 is 1.93 bits per heavy atom. The molecule has 0 aliphatic rings. The smallest absolute Gasteiger partial charge is 0.0576 e. The van der Waals surface area contributed by atoms with E-state index in [4.69, 9.17) is 5.73 Å². The SMILES string of the molecule is CC(C)C(C)Nc1ccc(I)cc1N. The van der Waals surface area contributed by atoms with Gasteiger partial charge in [0.05, 0.1) is 11.4 Å². The van der Waals surface area contributed by atoms with Crippen molar-refractivity contribution in [1.29, 1.82) is 0 Å². The van der Waals surface area contributed by atoms with E-state index in [9.17, 15) is 0 Å². The molecule has 0 amide bonds. The minimum Gasteiger partial charge on any atom is -0.397 e. The van der Waals surface area contributed by atoms with Crippen molar-refractivity contribution in [2.45, 2.75) is 26.8 Å². The van der Waals surface area contributed by atoms with Gasteiger partial charge in [0, 0.05) is 9.61 Å². The third-order valence-corrected chi connectivity index (χ3v) is 3.07. The van der Waals surface area contributed by atoms with Crippen molar-refractivity contribution in [3.05, 3.63) is 21.8 Å². The predicted molar refractivity (Wildman–Crippen MR) is 71.5 cm³/mol. The van der Waals surface area contributed by atoms with E-state index in [1.165, 1.54) is 3.57 Å². The van der Waals surface area contributed by atoms with E-state index in [0.29, 0.717) is 12.0 Å². The minimum atomic E-state index is 0.442. The maximum absolute atomic E-state index is 5.90. The zero-order valence-corrected chi connectivity index (χ0v) is 11.0. The second-order valence-corrected chi connectivity index (χ2v) is 5.15. The molecular weight excluding hydrogens is 287 g/mol. The van der Waals surface area contributed by atoms with E-state index >= 15 is 0 Å². The Morgan fingerprint density at radius 1 is 1.29 bits per heavy atom. The highest BCUT2D eigenvalue weighted by atomic mass is 127. The number of nitrogens with one attached hydrogen (secondary N) is 1. The number of rotatable bonds is 3. The molecule has 0 aliphatic carbocycles. The number of nitrogen functional groups attached to an aromatic ring is 1. The summed E-state index contributed by atoms with van der Waals surface area (Å²) >= 11 is 2.26. The number of nitrogens with two attached hydrogens (primary N) is 1. The maximum atomic E-state index is 5.90. The molecule has 1 unspecified atom stereocenters. The lowest BCUT2D eigenvalue weighted by Gasteiger charge is -2.20. The standard InChI is InChI=1S/C11H17IN2/c1-7(2)8(3)14-11-5-4-9(12)6-10(11)13/h4-8,14H,13H2,1-3H3. The summed E-state index contributed by atoms with van der Waals surface area (Å²) in [4.78, 5) is 0. The first-order chi connectivity index (χ1) is 6.50. The van der Waals surface area contributed by atoms with Crippen LogP contribution in [0.2, 0.25) is 0 Å². The van der Waals surface area contributed by atoms with Crippen LogP contribution in [0.4, 0.5) is 11.4 Å². The molecule has 3 heteroatoms. The average molecular weight is 304 g/mol. The molecule has 0 heterocycles. The van der Waals surface area contributed by atoms with Crippen LogP contribution in [0.15, 0.2) is 18.2 Å². The van der Waals surface area contributed by atoms with Crippen LogP contribution in [0.5, 0.6) is 0 Å². The highest BCUT2D eigenvalue weighted by Crippen LogP contribution is 2.22. The van der Waals surface area contributed by atoms with E-state index < -0.39 is 0 Å². The van der Waals surface area contributed by atoms with Crippen LogP contribution < -0.4 is 11.1 Å². The van der Waals surface area contributed by atoms with Crippen molar-refractivity contribution in [3.63, 3.8) is 0 Å². The number of anilines is 2. The monoisotopic (exact) mass is 304 g/mol. The molecule has 0 spiro atoms. The number of hydrogen-bond acceptors (Lipinski definition) is 2. The van der Waals surface area contributed by atoms with E-state index in [1.807, 2.05) is 12.1 Å². The lowest BCUT2D eigenvalue weighted by molar-refractivity contribution is 0.560. The van der Waals surface area contributed by atoms with Gasteiger partial charge >= 0.3 is 0 Å². The third kappa shape index (κ3) is 3.04. The Hall–Kier alpha value is -0.450. The Kier molecular flexibility index (Phi) is 4.04. The van der Waals surface area contributed by atoms with Gasteiger partial charge in [-0.15, -0.1) is 0 Å². The summed E-state index contributed by atoms with van der Waals surface area (Å²) in [7, 11) is 0. The molecule has 0 aromatic heterocycles. The molecule has 1 atom stereocenters. The molecule has 0 fully saturated rings. The molecule has 0 radical (unpaired) electrons. The molecule has 0 aliphatic heterocycles. The Labute approximate surface area is 99.4 Å². The Bertz CT molecular complexity index is 310. The third-order valence-electron chi connectivity index (χ3n) is 2.40. The average Bonchev–Trinajstić information content (AvgIpc) is 2.09. The number of halogens is 1. The van der Waals surface area contributed by atoms with E-state index in [2.05, 4.69) is 54.7 Å². The molecule has 1 rings (SSSR count). The Morgan fingerprint density at radius 3 is 2.43 bits per heavy atom. The van der Waals surface area contributed by atoms with E-state index in [-0.39, 0.29) is 0 Å². The first-order valence-electron chi connectivity index (χ1n) is 4.82. The van der Waals surface area contributed by atoms with Crippen LogP contribution >= 0.6 is 22.6 Å². The molecular formula is C11H17IN2. The summed E-state index contributed by atoms with van der Waals surface area (Å²) in [5.74, 6) is 0.605. The van der Waals surface area contributed by atoms with Crippen molar-refractivity contribution in [3.8, 4) is 0 Å². The van der Waals surface area contributed by atoms with Gasteiger partial charge < -0.3 is 11.1 Å². The number of hydrogen-bond donors (Lipinski definition) is 2. The van der Waals surface area contributed by atoms with Gasteiger partial charge in [-0.05, 0) is 53.6 Å². The highest BCUT2D eigenvalue weighted by Gasteiger charge is 2.08. The largest absolute Gasteiger partial charge is 0.397 e. The zero-order chi connectivity index (χ0) is 10.7. The molecule has 3 N–H and O–H groups in total. The topological polar surface area (TPSA) is 38.0 Å². The molecule has 1 aromatic carbocycles. The molecule has 14 heavy (non-hydrogen) atoms. The van der Waals surface area contributed by atoms with Gasteiger partial charge in [0.2, 0.25) is 0 Å². The first-order valence-corrected chi connectivity index (χ1v) is 5.90. The van der Waals surface area contributed by atoms with Gasteiger partial charge in [0.25, 0.3) is 0 Å². The normalized spacial score (nSPS) is 12.9. The van der Waals surface area contributed by atoms with Crippen LogP contribution in [0.1, 0.15) is 20.8 Å². The molecule has 78 valence electrons. The van der Waals surface area contributed by atoms with Gasteiger partial charge in [0.15, 0.2) is 0 Å². The lowest BCUT2D eigenvalue weighted by Crippen LogP contribution is -2.22. The van der Waals surface area contributed by atoms with Crippen LogP contribution in [0.3, 0.4) is 0 Å². The van der Waals surface area contributed by atoms with Crippen molar-refractivity contribution in [2.24, 2.45) is 5.92 Å². The summed E-state index contributed by atoms with van der Waals surface area (Å²) in [6.07, 6.45) is 0. The fraction of sp³-hybridized carbons (Fsp3) is 0.455. The van der Waals surface area contributed by atoms with E-state index in [0.717, 1.165) is 11.4 Å². The molecule has 2 nitrogen and oxygen atoms in total. The van der Waals surface area contributed by atoms with E-state index in [1.54, 1.807) is 0 Å². The van der Waals surface area contributed by atoms with Gasteiger partial charge in [-0.3, -0.25) is 0 Å². The molecule has 0 bridgehead atoms. The Balaban J connectivity index is 2.77. The molecule has 0 saturated heterocycles. The van der Waals surface area contributed by atoms with Gasteiger partial charge in [-0.25, -0.2) is 0 Å². The lowest BCUT2D eigenvalue weighted by atomic mass is 10.1. The summed E-state index contributed by atoms with van der Waals surface area (Å²) < 4.78 is 1.17. The summed E-state index contributed by atoms with van der Waals surface area (Å²) in [5, 5.41) is 3.41. The van der Waals surface area contributed by atoms with Gasteiger partial charge in [-0.1, -0.05) is 13.8 Å².